The summed E-state index contributed by atoms with van der Waals surface area (Å²) < 4.78 is 1.60. The molecule has 0 aliphatic rings. The highest BCUT2D eigenvalue weighted by Crippen LogP contribution is 2.18. The van der Waals surface area contributed by atoms with Gasteiger partial charge in [-0.05, 0) is 19.9 Å². The van der Waals surface area contributed by atoms with E-state index in [9.17, 15) is 4.79 Å². The van der Waals surface area contributed by atoms with Crippen LogP contribution in [0.2, 0.25) is 0 Å². The molecule has 0 radical (unpaired) electrons. The summed E-state index contributed by atoms with van der Waals surface area (Å²) in [7, 11) is 5.20. The molecule has 7 nitrogen and oxygen atoms in total. The highest BCUT2D eigenvalue weighted by atomic mass is 16.2. The maximum absolute atomic E-state index is 11.9. The van der Waals surface area contributed by atoms with Crippen LogP contribution < -0.4 is 5.32 Å². The van der Waals surface area contributed by atoms with Crippen molar-refractivity contribution in [2.24, 2.45) is 0 Å². The minimum atomic E-state index is -0.138. The minimum Gasteiger partial charge on any atom is -0.373 e. The molecule has 0 fully saturated rings. The van der Waals surface area contributed by atoms with E-state index in [1.165, 1.54) is 4.90 Å². The summed E-state index contributed by atoms with van der Waals surface area (Å²) in [6.45, 7) is 3.73. The Morgan fingerprint density at radius 3 is 2.60 bits per heavy atom. The summed E-state index contributed by atoms with van der Waals surface area (Å²) in [6.07, 6.45) is 1.73. The van der Waals surface area contributed by atoms with Crippen molar-refractivity contribution in [1.82, 2.24) is 24.6 Å². The maximum atomic E-state index is 11.9. The molecule has 0 spiro atoms. The van der Waals surface area contributed by atoms with Gasteiger partial charge < -0.3 is 10.2 Å². The number of aromatic nitrogens is 4. The van der Waals surface area contributed by atoms with E-state index in [1.54, 1.807) is 31.0 Å². The number of carbonyl (C=O) groups is 1. The van der Waals surface area contributed by atoms with Crippen LogP contribution in [-0.2, 0) is 0 Å². The van der Waals surface area contributed by atoms with Crippen LogP contribution in [-0.4, -0.2) is 51.7 Å². The predicted molar refractivity (Wildman–Crippen MR) is 76.2 cm³/mol. The molecule has 0 aliphatic heterocycles. The second-order valence-electron chi connectivity index (χ2n) is 4.66. The van der Waals surface area contributed by atoms with Crippen LogP contribution in [0.25, 0.3) is 5.82 Å². The lowest BCUT2D eigenvalue weighted by molar-refractivity contribution is 0.0821. The molecule has 0 bridgehead atoms. The fourth-order valence-electron chi connectivity index (χ4n) is 1.87. The van der Waals surface area contributed by atoms with Gasteiger partial charge in [0.05, 0.1) is 0 Å². The highest BCUT2D eigenvalue weighted by molar-refractivity contribution is 5.91. The summed E-state index contributed by atoms with van der Waals surface area (Å²) in [4.78, 5) is 22.1. The third kappa shape index (κ3) is 2.47. The molecular weight excluding hydrogens is 256 g/mol. The van der Waals surface area contributed by atoms with E-state index in [4.69, 9.17) is 0 Å². The van der Waals surface area contributed by atoms with Crippen molar-refractivity contribution < 1.29 is 4.79 Å². The topological polar surface area (TPSA) is 75.9 Å². The van der Waals surface area contributed by atoms with Gasteiger partial charge in [-0.2, -0.15) is 5.10 Å². The molecule has 1 amide bonds. The average molecular weight is 274 g/mol. The molecule has 2 aromatic heterocycles. The summed E-state index contributed by atoms with van der Waals surface area (Å²) in [5.74, 6) is 1.93. The van der Waals surface area contributed by atoms with Crippen LogP contribution in [0.5, 0.6) is 0 Å². The Labute approximate surface area is 117 Å². The molecule has 2 rings (SSSR count). The molecule has 2 heterocycles. The number of nitrogens with one attached hydrogen (secondary N) is 1. The van der Waals surface area contributed by atoms with Gasteiger partial charge in [-0.15, -0.1) is 0 Å². The van der Waals surface area contributed by atoms with E-state index in [1.807, 2.05) is 20.9 Å². The van der Waals surface area contributed by atoms with Crippen molar-refractivity contribution in [3.05, 3.63) is 29.3 Å². The second-order valence-corrected chi connectivity index (χ2v) is 4.66. The molecule has 0 atom stereocenters. The first-order chi connectivity index (χ1) is 9.43. The van der Waals surface area contributed by atoms with Gasteiger partial charge in [0, 0.05) is 32.9 Å². The lowest BCUT2D eigenvalue weighted by Gasteiger charge is -2.10. The van der Waals surface area contributed by atoms with Gasteiger partial charge >= 0.3 is 0 Å². The van der Waals surface area contributed by atoms with Crippen molar-refractivity contribution in [3.8, 4) is 5.82 Å². The van der Waals surface area contributed by atoms with E-state index in [-0.39, 0.29) is 5.91 Å². The van der Waals surface area contributed by atoms with E-state index in [2.05, 4.69) is 20.4 Å². The summed E-state index contributed by atoms with van der Waals surface area (Å²) >= 11 is 0. The van der Waals surface area contributed by atoms with Gasteiger partial charge in [0.1, 0.15) is 11.6 Å². The summed E-state index contributed by atoms with van der Waals surface area (Å²) in [5.41, 5.74) is 1.27. The first-order valence-electron chi connectivity index (χ1n) is 6.24. The SMILES string of the molecule is CNc1nc(C)nc(-n2ccc(C(=O)N(C)C)n2)c1C. The fraction of sp³-hybridized carbons (Fsp3) is 0.385. The molecule has 20 heavy (non-hydrogen) atoms. The second kappa shape index (κ2) is 5.28. The Morgan fingerprint density at radius 1 is 1.30 bits per heavy atom. The van der Waals surface area contributed by atoms with Crippen LogP contribution in [0, 0.1) is 13.8 Å². The Bertz CT molecular complexity index is 646. The number of aryl methyl sites for hydroxylation is 1. The Balaban J connectivity index is 2.47. The Hall–Kier alpha value is -2.44. The van der Waals surface area contributed by atoms with Crippen molar-refractivity contribution in [2.45, 2.75) is 13.8 Å². The number of nitrogens with zero attached hydrogens (tertiary/aromatic N) is 5. The molecule has 106 valence electrons. The standard InChI is InChI=1S/C13H18N6O/c1-8-11(14-3)15-9(2)16-12(8)19-7-6-10(17-19)13(20)18(4)5/h6-7H,1-5H3,(H,14,15,16). The minimum absolute atomic E-state index is 0.138. The van der Waals surface area contributed by atoms with Crippen LogP contribution in [0.1, 0.15) is 21.9 Å². The van der Waals surface area contributed by atoms with Gasteiger partial charge in [-0.25, -0.2) is 14.6 Å². The molecule has 0 saturated carbocycles. The molecule has 7 heteroatoms. The zero-order chi connectivity index (χ0) is 14.9. The lowest BCUT2D eigenvalue weighted by Crippen LogP contribution is -2.22. The number of anilines is 1. The zero-order valence-corrected chi connectivity index (χ0v) is 12.3. The van der Waals surface area contributed by atoms with E-state index < -0.39 is 0 Å². The number of amides is 1. The van der Waals surface area contributed by atoms with Gasteiger partial charge in [-0.3, -0.25) is 4.79 Å². The van der Waals surface area contributed by atoms with Gasteiger partial charge in [0.2, 0.25) is 0 Å². The normalized spacial score (nSPS) is 10.4. The first kappa shape index (κ1) is 14.0. The fourth-order valence-corrected chi connectivity index (χ4v) is 1.87. The zero-order valence-electron chi connectivity index (χ0n) is 12.3. The lowest BCUT2D eigenvalue weighted by atomic mass is 10.3. The third-order valence-electron chi connectivity index (χ3n) is 2.90. The molecular formula is C13H18N6O. The van der Waals surface area contributed by atoms with Crippen LogP contribution in [0.15, 0.2) is 12.3 Å². The average Bonchev–Trinajstić information content (AvgIpc) is 2.89. The van der Waals surface area contributed by atoms with E-state index in [0.717, 1.165) is 11.4 Å². The van der Waals surface area contributed by atoms with Crippen molar-refractivity contribution in [3.63, 3.8) is 0 Å². The highest BCUT2D eigenvalue weighted by Gasteiger charge is 2.15. The monoisotopic (exact) mass is 274 g/mol. The number of rotatable bonds is 3. The third-order valence-corrected chi connectivity index (χ3v) is 2.90. The van der Waals surface area contributed by atoms with E-state index >= 15 is 0 Å². The first-order valence-corrected chi connectivity index (χ1v) is 6.24. The Morgan fingerprint density at radius 2 is 2.00 bits per heavy atom. The molecule has 0 saturated heterocycles. The number of hydrogen-bond acceptors (Lipinski definition) is 5. The summed E-state index contributed by atoms with van der Waals surface area (Å²) in [5, 5.41) is 7.31. The quantitative estimate of drug-likeness (QED) is 0.904. The molecule has 0 aliphatic carbocycles. The van der Waals surface area contributed by atoms with Crippen molar-refractivity contribution >= 4 is 11.7 Å². The van der Waals surface area contributed by atoms with Gasteiger partial charge in [0.25, 0.3) is 5.91 Å². The van der Waals surface area contributed by atoms with E-state index in [0.29, 0.717) is 17.3 Å². The van der Waals surface area contributed by atoms with Gasteiger partial charge in [0.15, 0.2) is 11.5 Å². The largest absolute Gasteiger partial charge is 0.373 e. The Kier molecular flexibility index (Phi) is 3.69. The smallest absolute Gasteiger partial charge is 0.273 e. The molecule has 0 aromatic carbocycles. The molecule has 0 unspecified atom stereocenters. The number of hydrogen-bond donors (Lipinski definition) is 1. The summed E-state index contributed by atoms with van der Waals surface area (Å²) in [6, 6.07) is 1.68. The van der Waals surface area contributed by atoms with Crippen molar-refractivity contribution in [1.29, 1.82) is 0 Å². The van der Waals surface area contributed by atoms with Crippen LogP contribution in [0.4, 0.5) is 5.82 Å². The molecule has 1 N–H and O–H groups in total. The van der Waals surface area contributed by atoms with Gasteiger partial charge in [-0.1, -0.05) is 0 Å². The predicted octanol–water partition coefficient (Wildman–Crippen LogP) is 1.02. The number of carbonyl (C=O) groups excluding carboxylic acids is 1. The van der Waals surface area contributed by atoms with Crippen LogP contribution in [0.3, 0.4) is 0 Å². The molecule has 2 aromatic rings. The van der Waals surface area contributed by atoms with Crippen molar-refractivity contribution in [2.75, 3.05) is 26.5 Å². The van der Waals surface area contributed by atoms with Crippen LogP contribution >= 0.6 is 0 Å². The maximum Gasteiger partial charge on any atom is 0.273 e.